The Labute approximate surface area is 130 Å². The zero-order valence-electron chi connectivity index (χ0n) is 12.6. The number of aryl methyl sites for hydroxylation is 1. The van der Waals surface area contributed by atoms with Gasteiger partial charge in [0, 0.05) is 24.9 Å². The normalized spacial score (nSPS) is 26.0. The molecule has 0 radical (unpaired) electrons. The summed E-state index contributed by atoms with van der Waals surface area (Å²) >= 11 is 1.65. The summed E-state index contributed by atoms with van der Waals surface area (Å²) in [5.41, 5.74) is 0.665. The van der Waals surface area contributed by atoms with E-state index in [9.17, 15) is 15.0 Å². The van der Waals surface area contributed by atoms with Crippen molar-refractivity contribution in [2.45, 2.75) is 45.1 Å². The molecule has 1 aromatic heterocycles. The van der Waals surface area contributed by atoms with Gasteiger partial charge in [-0.05, 0) is 41.7 Å². The van der Waals surface area contributed by atoms with Crippen LogP contribution in [0.4, 0.5) is 0 Å². The van der Waals surface area contributed by atoms with Gasteiger partial charge in [-0.25, -0.2) is 0 Å². The number of carbonyl (C=O) groups is 1. The molecular weight excluding hydrogens is 286 g/mol. The fourth-order valence-electron chi connectivity index (χ4n) is 3.18. The van der Waals surface area contributed by atoms with Crippen molar-refractivity contribution in [3.63, 3.8) is 0 Å². The van der Waals surface area contributed by atoms with Crippen molar-refractivity contribution in [3.05, 3.63) is 22.4 Å². The molecule has 0 aromatic carbocycles. The van der Waals surface area contributed by atoms with Crippen LogP contribution < -0.4 is 0 Å². The highest BCUT2D eigenvalue weighted by Gasteiger charge is 2.42. The molecule has 2 heterocycles. The molecule has 1 aromatic rings. The minimum absolute atomic E-state index is 0.0592. The second-order valence-electron chi connectivity index (χ2n) is 6.02. The molecule has 1 fully saturated rings. The van der Waals surface area contributed by atoms with Crippen molar-refractivity contribution in [3.8, 4) is 0 Å². The van der Waals surface area contributed by atoms with Gasteiger partial charge in [0.1, 0.15) is 0 Å². The monoisotopic (exact) mass is 311 g/mol. The van der Waals surface area contributed by atoms with Crippen molar-refractivity contribution in [1.29, 1.82) is 0 Å². The maximum Gasteiger partial charge on any atom is 0.222 e. The zero-order valence-corrected chi connectivity index (χ0v) is 13.4. The van der Waals surface area contributed by atoms with E-state index >= 15 is 0 Å². The number of piperidine rings is 1. The Morgan fingerprint density at radius 1 is 1.57 bits per heavy atom. The molecule has 1 saturated heterocycles. The van der Waals surface area contributed by atoms with E-state index in [1.165, 1.54) is 5.56 Å². The Kier molecular flexibility index (Phi) is 5.79. The quantitative estimate of drug-likeness (QED) is 0.845. The van der Waals surface area contributed by atoms with E-state index < -0.39 is 11.5 Å². The molecule has 1 amide bonds. The summed E-state index contributed by atoms with van der Waals surface area (Å²) in [5.74, 6) is 0.127. The topological polar surface area (TPSA) is 60.8 Å². The van der Waals surface area contributed by atoms with E-state index in [1.54, 1.807) is 11.3 Å². The molecule has 2 N–H and O–H groups in total. The van der Waals surface area contributed by atoms with Gasteiger partial charge in [0.25, 0.3) is 0 Å². The van der Waals surface area contributed by atoms with Gasteiger partial charge in [-0.15, -0.1) is 0 Å². The first-order valence-corrected chi connectivity index (χ1v) is 8.63. The maximum absolute atomic E-state index is 12.4. The molecule has 2 rings (SSSR count). The van der Waals surface area contributed by atoms with Crippen LogP contribution in [-0.2, 0) is 11.2 Å². The number of amides is 1. The Morgan fingerprint density at radius 3 is 3.00 bits per heavy atom. The fourth-order valence-corrected chi connectivity index (χ4v) is 3.89. The third kappa shape index (κ3) is 3.84. The SMILES string of the molecule is CCC[C@@]1(CO)CN(C(=O)CCc2ccsc2)CC[C@@H]1O. The number of aliphatic hydroxyl groups is 2. The maximum atomic E-state index is 12.4. The summed E-state index contributed by atoms with van der Waals surface area (Å²) in [4.78, 5) is 14.2. The van der Waals surface area contributed by atoms with Crippen LogP contribution in [0, 0.1) is 5.41 Å². The lowest BCUT2D eigenvalue weighted by Gasteiger charge is -2.45. The van der Waals surface area contributed by atoms with Crippen LogP contribution in [0.3, 0.4) is 0 Å². The molecule has 0 spiro atoms. The van der Waals surface area contributed by atoms with Gasteiger partial charge in [0.05, 0.1) is 12.7 Å². The van der Waals surface area contributed by atoms with Gasteiger partial charge >= 0.3 is 0 Å². The zero-order chi connectivity index (χ0) is 15.3. The first kappa shape index (κ1) is 16.5. The number of nitrogens with zero attached hydrogens (tertiary/aromatic N) is 1. The summed E-state index contributed by atoms with van der Waals surface area (Å²) in [7, 11) is 0. The number of carbonyl (C=O) groups excluding carboxylic acids is 1. The molecule has 0 bridgehead atoms. The second kappa shape index (κ2) is 7.38. The standard InChI is InChI=1S/C16H25NO3S/c1-2-7-16(12-18)11-17(8-5-14(16)19)15(20)4-3-13-6-9-21-10-13/h6,9-10,14,18-19H,2-5,7-8,11-12H2,1H3/t14-,16-/m0/s1. The van der Waals surface area contributed by atoms with Gasteiger partial charge < -0.3 is 15.1 Å². The van der Waals surface area contributed by atoms with Crippen LogP contribution >= 0.6 is 11.3 Å². The third-order valence-corrected chi connectivity index (χ3v) is 5.24. The van der Waals surface area contributed by atoms with E-state index in [0.29, 0.717) is 25.9 Å². The summed E-state index contributed by atoms with van der Waals surface area (Å²) in [6, 6.07) is 2.05. The lowest BCUT2D eigenvalue weighted by molar-refractivity contribution is -0.142. The average molecular weight is 311 g/mol. The van der Waals surface area contributed by atoms with Gasteiger partial charge in [0.15, 0.2) is 0 Å². The fraction of sp³-hybridized carbons (Fsp3) is 0.688. The first-order valence-electron chi connectivity index (χ1n) is 7.69. The number of rotatable bonds is 6. The van der Waals surface area contributed by atoms with E-state index in [1.807, 2.05) is 23.3 Å². The van der Waals surface area contributed by atoms with E-state index in [0.717, 1.165) is 19.3 Å². The van der Waals surface area contributed by atoms with Crippen LogP contribution in [-0.4, -0.2) is 46.8 Å². The van der Waals surface area contributed by atoms with Gasteiger partial charge in [-0.3, -0.25) is 4.79 Å². The lowest BCUT2D eigenvalue weighted by Crippen LogP contribution is -2.55. The Hall–Kier alpha value is -0.910. The molecule has 1 aliphatic heterocycles. The molecule has 0 aliphatic carbocycles. The van der Waals surface area contributed by atoms with E-state index in [2.05, 4.69) is 5.38 Å². The van der Waals surface area contributed by atoms with E-state index in [4.69, 9.17) is 0 Å². The molecule has 21 heavy (non-hydrogen) atoms. The summed E-state index contributed by atoms with van der Waals surface area (Å²) < 4.78 is 0. The van der Waals surface area contributed by atoms with Crippen LogP contribution in [0.25, 0.3) is 0 Å². The molecule has 5 heteroatoms. The number of hydrogen-bond acceptors (Lipinski definition) is 4. The highest BCUT2D eigenvalue weighted by Crippen LogP contribution is 2.34. The van der Waals surface area contributed by atoms with Crippen molar-refractivity contribution < 1.29 is 15.0 Å². The summed E-state index contributed by atoms with van der Waals surface area (Å²) in [6.45, 7) is 3.05. The second-order valence-corrected chi connectivity index (χ2v) is 6.80. The average Bonchev–Trinajstić information content (AvgIpc) is 3.00. The van der Waals surface area contributed by atoms with Crippen molar-refractivity contribution >= 4 is 17.2 Å². The highest BCUT2D eigenvalue weighted by atomic mass is 32.1. The van der Waals surface area contributed by atoms with Crippen molar-refractivity contribution in [1.82, 2.24) is 4.90 Å². The smallest absolute Gasteiger partial charge is 0.222 e. The molecule has 2 atom stereocenters. The minimum Gasteiger partial charge on any atom is -0.396 e. The molecular formula is C16H25NO3S. The third-order valence-electron chi connectivity index (χ3n) is 4.51. The predicted molar refractivity (Wildman–Crippen MR) is 84.3 cm³/mol. The van der Waals surface area contributed by atoms with Gasteiger partial charge in [0.2, 0.25) is 5.91 Å². The van der Waals surface area contributed by atoms with Gasteiger partial charge in [-0.2, -0.15) is 11.3 Å². The molecule has 0 saturated carbocycles. The van der Waals surface area contributed by atoms with Crippen molar-refractivity contribution in [2.75, 3.05) is 19.7 Å². The van der Waals surface area contributed by atoms with Crippen LogP contribution in [0.5, 0.6) is 0 Å². The van der Waals surface area contributed by atoms with Crippen LogP contribution in [0.1, 0.15) is 38.2 Å². The highest BCUT2D eigenvalue weighted by molar-refractivity contribution is 7.07. The largest absolute Gasteiger partial charge is 0.396 e. The van der Waals surface area contributed by atoms with Gasteiger partial charge in [-0.1, -0.05) is 13.3 Å². The number of aliphatic hydroxyl groups excluding tert-OH is 2. The van der Waals surface area contributed by atoms with Crippen molar-refractivity contribution in [2.24, 2.45) is 5.41 Å². The Morgan fingerprint density at radius 2 is 2.38 bits per heavy atom. The van der Waals surface area contributed by atoms with Crippen LogP contribution in [0.2, 0.25) is 0 Å². The molecule has 0 unspecified atom stereocenters. The summed E-state index contributed by atoms with van der Waals surface area (Å²) in [5, 5.41) is 24.1. The molecule has 4 nitrogen and oxygen atoms in total. The number of thiophene rings is 1. The predicted octanol–water partition coefficient (Wildman–Crippen LogP) is 2.05. The summed E-state index contributed by atoms with van der Waals surface area (Å²) in [6.07, 6.45) is 2.96. The molecule has 1 aliphatic rings. The van der Waals surface area contributed by atoms with Crippen LogP contribution in [0.15, 0.2) is 16.8 Å². The lowest BCUT2D eigenvalue weighted by atomic mass is 9.74. The number of hydrogen-bond donors (Lipinski definition) is 2. The molecule has 118 valence electrons. The van der Waals surface area contributed by atoms with E-state index in [-0.39, 0.29) is 12.5 Å². The first-order chi connectivity index (χ1) is 10.1. The Bertz CT molecular complexity index is 448. The minimum atomic E-state index is -0.537. The Balaban J connectivity index is 1.95. The number of likely N-dealkylation sites (tertiary alicyclic amines) is 1.